The zero-order valence-electron chi connectivity index (χ0n) is 8.58. The smallest absolute Gasteiger partial charge is 0.302 e. The zero-order valence-corrected chi connectivity index (χ0v) is 9.40. The molecule has 0 aromatic carbocycles. The fraction of sp³-hybridized carbons (Fsp3) is 0. The quantitative estimate of drug-likeness (QED) is 0.780. The third-order valence-electron chi connectivity index (χ3n) is 1.77. The second-order valence-corrected chi connectivity index (χ2v) is 3.86. The number of hydrogen-bond acceptors (Lipinski definition) is 5. The average Bonchev–Trinajstić information content (AvgIpc) is 2.83. The van der Waals surface area contributed by atoms with Crippen molar-refractivity contribution in [2.24, 2.45) is 0 Å². The first-order chi connectivity index (χ1) is 8.25. The SMILES string of the molecule is O=C(Nc1ccccn1)C(=O)Nc1nccs1. The lowest BCUT2D eigenvalue weighted by Crippen LogP contribution is -2.29. The lowest BCUT2D eigenvalue weighted by Gasteiger charge is -2.02. The summed E-state index contributed by atoms with van der Waals surface area (Å²) in [5.74, 6) is -1.23. The molecule has 0 bridgehead atoms. The number of carbonyl (C=O) groups is 2. The standard InChI is InChI=1S/C10H8N4O2S/c15-8(13-7-3-1-2-4-11-7)9(16)14-10-12-5-6-17-10/h1-6H,(H,11,13,15)(H,12,14,16). The number of anilines is 2. The summed E-state index contributed by atoms with van der Waals surface area (Å²) >= 11 is 1.24. The first-order valence-corrected chi connectivity index (χ1v) is 5.56. The molecule has 2 aromatic rings. The number of thiazole rings is 1. The van der Waals surface area contributed by atoms with Crippen LogP contribution in [-0.2, 0) is 9.59 Å². The molecule has 2 amide bonds. The summed E-state index contributed by atoms with van der Waals surface area (Å²) in [7, 11) is 0. The molecule has 0 aliphatic heterocycles. The third kappa shape index (κ3) is 3.08. The Morgan fingerprint density at radius 2 is 1.88 bits per heavy atom. The summed E-state index contributed by atoms with van der Waals surface area (Å²) in [6.07, 6.45) is 3.06. The van der Waals surface area contributed by atoms with Crippen LogP contribution >= 0.6 is 11.3 Å². The molecule has 7 heteroatoms. The number of carbonyl (C=O) groups excluding carboxylic acids is 2. The summed E-state index contributed by atoms with van der Waals surface area (Å²) in [6, 6.07) is 5.02. The van der Waals surface area contributed by atoms with Gasteiger partial charge in [0, 0.05) is 17.8 Å². The van der Waals surface area contributed by atoms with Gasteiger partial charge in [0.1, 0.15) is 5.82 Å². The van der Waals surface area contributed by atoms with Crippen LogP contribution in [0.1, 0.15) is 0 Å². The maximum Gasteiger partial charge on any atom is 0.315 e. The van der Waals surface area contributed by atoms with Gasteiger partial charge in [-0.2, -0.15) is 0 Å². The number of aromatic nitrogens is 2. The van der Waals surface area contributed by atoms with E-state index in [0.717, 1.165) is 0 Å². The van der Waals surface area contributed by atoms with Crippen LogP contribution in [0.2, 0.25) is 0 Å². The van der Waals surface area contributed by atoms with E-state index in [9.17, 15) is 9.59 Å². The van der Waals surface area contributed by atoms with Crippen molar-refractivity contribution in [3.8, 4) is 0 Å². The predicted octanol–water partition coefficient (Wildman–Crippen LogP) is 1.12. The molecular weight excluding hydrogens is 240 g/mol. The van der Waals surface area contributed by atoms with Crippen molar-refractivity contribution in [3.05, 3.63) is 36.0 Å². The summed E-state index contributed by atoms with van der Waals surface area (Å²) in [4.78, 5) is 30.6. The van der Waals surface area contributed by atoms with Crippen LogP contribution < -0.4 is 10.6 Å². The van der Waals surface area contributed by atoms with E-state index in [1.165, 1.54) is 23.7 Å². The number of rotatable bonds is 2. The minimum Gasteiger partial charge on any atom is -0.302 e. The molecule has 2 heterocycles. The third-order valence-corrected chi connectivity index (χ3v) is 2.45. The second-order valence-electron chi connectivity index (χ2n) is 2.96. The molecule has 0 radical (unpaired) electrons. The Hall–Kier alpha value is -2.28. The van der Waals surface area contributed by atoms with Crippen molar-refractivity contribution in [1.29, 1.82) is 0 Å². The van der Waals surface area contributed by atoms with E-state index in [2.05, 4.69) is 20.6 Å². The molecule has 0 saturated carbocycles. The Morgan fingerprint density at radius 3 is 2.53 bits per heavy atom. The van der Waals surface area contributed by atoms with Gasteiger partial charge in [-0.1, -0.05) is 6.07 Å². The molecule has 6 nitrogen and oxygen atoms in total. The van der Waals surface area contributed by atoms with Crippen molar-refractivity contribution in [1.82, 2.24) is 9.97 Å². The largest absolute Gasteiger partial charge is 0.315 e. The van der Waals surface area contributed by atoms with Crippen molar-refractivity contribution in [3.63, 3.8) is 0 Å². The summed E-state index contributed by atoms with van der Waals surface area (Å²) in [5, 5.41) is 6.82. The van der Waals surface area contributed by atoms with Crippen molar-refractivity contribution in [2.75, 3.05) is 10.6 Å². The van der Waals surface area contributed by atoms with E-state index in [1.54, 1.807) is 23.6 Å². The minimum absolute atomic E-state index is 0.326. The van der Waals surface area contributed by atoms with Crippen LogP contribution in [0.15, 0.2) is 36.0 Å². The molecule has 0 aliphatic carbocycles. The first kappa shape index (κ1) is 11.2. The van der Waals surface area contributed by atoms with E-state index in [1.807, 2.05) is 0 Å². The van der Waals surface area contributed by atoms with Crippen LogP contribution in [0.5, 0.6) is 0 Å². The Balaban J connectivity index is 1.94. The number of amides is 2. The molecule has 0 spiro atoms. The highest BCUT2D eigenvalue weighted by Gasteiger charge is 2.15. The summed E-state index contributed by atoms with van der Waals surface area (Å²) in [6.45, 7) is 0. The number of pyridine rings is 1. The molecule has 0 fully saturated rings. The number of hydrogen-bond donors (Lipinski definition) is 2. The fourth-order valence-electron chi connectivity index (χ4n) is 1.05. The van der Waals surface area contributed by atoms with Gasteiger partial charge < -0.3 is 5.32 Å². The molecule has 0 saturated heterocycles. The summed E-state index contributed by atoms with van der Waals surface area (Å²) in [5.41, 5.74) is 0. The molecule has 2 aromatic heterocycles. The molecule has 17 heavy (non-hydrogen) atoms. The summed E-state index contributed by atoms with van der Waals surface area (Å²) < 4.78 is 0. The van der Waals surface area contributed by atoms with Gasteiger partial charge in [0.15, 0.2) is 5.13 Å². The van der Waals surface area contributed by atoms with E-state index in [-0.39, 0.29) is 0 Å². The van der Waals surface area contributed by atoms with Crippen LogP contribution in [-0.4, -0.2) is 21.8 Å². The zero-order chi connectivity index (χ0) is 12.1. The lowest BCUT2D eigenvalue weighted by molar-refractivity contribution is -0.133. The van der Waals surface area contributed by atoms with Gasteiger partial charge in [-0.05, 0) is 12.1 Å². The molecule has 2 rings (SSSR count). The van der Waals surface area contributed by atoms with Gasteiger partial charge >= 0.3 is 11.8 Å². The van der Waals surface area contributed by atoms with Crippen LogP contribution in [0.25, 0.3) is 0 Å². The van der Waals surface area contributed by atoms with E-state index < -0.39 is 11.8 Å². The maximum atomic E-state index is 11.5. The van der Waals surface area contributed by atoms with E-state index >= 15 is 0 Å². The highest BCUT2D eigenvalue weighted by molar-refractivity contribution is 7.13. The Kier molecular flexibility index (Phi) is 3.41. The van der Waals surface area contributed by atoms with Gasteiger partial charge in [0.05, 0.1) is 0 Å². The normalized spacial score (nSPS) is 9.65. The second kappa shape index (κ2) is 5.17. The van der Waals surface area contributed by atoms with Crippen molar-refractivity contribution < 1.29 is 9.59 Å². The minimum atomic E-state index is -0.779. The first-order valence-electron chi connectivity index (χ1n) is 4.68. The topological polar surface area (TPSA) is 84.0 Å². The Bertz CT molecular complexity index is 512. The Morgan fingerprint density at radius 1 is 1.06 bits per heavy atom. The van der Waals surface area contributed by atoms with Gasteiger partial charge in [-0.25, -0.2) is 9.97 Å². The molecule has 0 unspecified atom stereocenters. The van der Waals surface area contributed by atoms with Gasteiger partial charge in [0.2, 0.25) is 0 Å². The van der Waals surface area contributed by atoms with Crippen LogP contribution in [0.4, 0.5) is 10.9 Å². The van der Waals surface area contributed by atoms with Gasteiger partial charge in [-0.15, -0.1) is 11.3 Å². The van der Waals surface area contributed by atoms with Gasteiger partial charge in [-0.3, -0.25) is 14.9 Å². The predicted molar refractivity (Wildman–Crippen MR) is 63.6 cm³/mol. The average molecular weight is 248 g/mol. The lowest BCUT2D eigenvalue weighted by atomic mass is 10.4. The van der Waals surface area contributed by atoms with Crippen molar-refractivity contribution >= 4 is 34.1 Å². The van der Waals surface area contributed by atoms with E-state index in [4.69, 9.17) is 0 Å². The van der Waals surface area contributed by atoms with Gasteiger partial charge in [0.25, 0.3) is 0 Å². The maximum absolute atomic E-state index is 11.5. The molecular formula is C10H8N4O2S. The molecule has 0 atom stereocenters. The van der Waals surface area contributed by atoms with Crippen LogP contribution in [0.3, 0.4) is 0 Å². The Labute approximate surface area is 101 Å². The molecule has 86 valence electrons. The van der Waals surface area contributed by atoms with Crippen molar-refractivity contribution in [2.45, 2.75) is 0 Å². The fourth-order valence-corrected chi connectivity index (χ4v) is 1.57. The highest BCUT2D eigenvalue weighted by atomic mass is 32.1. The molecule has 2 N–H and O–H groups in total. The number of nitrogens with one attached hydrogen (secondary N) is 2. The number of nitrogens with zero attached hydrogens (tertiary/aromatic N) is 2. The highest BCUT2D eigenvalue weighted by Crippen LogP contribution is 2.10. The van der Waals surface area contributed by atoms with E-state index in [0.29, 0.717) is 10.9 Å². The molecule has 0 aliphatic rings. The monoisotopic (exact) mass is 248 g/mol. The van der Waals surface area contributed by atoms with Crippen LogP contribution in [0, 0.1) is 0 Å².